The average Bonchev–Trinajstić information content (AvgIpc) is 3.32. The lowest BCUT2D eigenvalue weighted by molar-refractivity contribution is -0.161. The molecule has 0 aliphatic rings. The number of esters is 2. The molecule has 0 rings (SSSR count). The Labute approximate surface area is 572 Å². The van der Waals surface area contributed by atoms with E-state index >= 15 is 0 Å². The Hall–Kier alpha value is -4.37. The van der Waals surface area contributed by atoms with Crippen LogP contribution in [-0.2, 0) is 32.7 Å². The minimum absolute atomic E-state index is 0.0464. The van der Waals surface area contributed by atoms with Crippen LogP contribution in [0.5, 0.6) is 0 Å². The SMILES string of the molecule is CC/C=C\C/C=C\C/C=C\C/C=C\C/C=C\C/C=C\C/C=C\C/C=C\CCCCCCCCCCC(=O)OC(COC(=O)CCCCCCCCCCCCCCCCCCCCCCCCC/C=C\C/C=C\C/C=C\C/C=C\C/C=C\CC)COP(=O)(O)OCCN. The summed E-state index contributed by atoms with van der Waals surface area (Å²) >= 11 is 0. The van der Waals surface area contributed by atoms with E-state index in [1.165, 1.54) is 161 Å². The van der Waals surface area contributed by atoms with Gasteiger partial charge in [-0.1, -0.05) is 345 Å². The van der Waals surface area contributed by atoms with Crippen LogP contribution in [0, 0.1) is 0 Å². The number of phosphoric acid groups is 1. The molecule has 0 amide bonds. The van der Waals surface area contributed by atoms with Crippen LogP contribution in [0.2, 0.25) is 0 Å². The van der Waals surface area contributed by atoms with Crippen molar-refractivity contribution < 1.29 is 37.6 Å². The molecule has 0 fully saturated rings. The van der Waals surface area contributed by atoms with Gasteiger partial charge in [-0.25, -0.2) is 4.57 Å². The molecule has 0 saturated carbocycles. The lowest BCUT2D eigenvalue weighted by Gasteiger charge is -2.19. The molecule has 93 heavy (non-hydrogen) atoms. The molecule has 0 spiro atoms. The van der Waals surface area contributed by atoms with Crippen molar-refractivity contribution in [2.75, 3.05) is 26.4 Å². The van der Waals surface area contributed by atoms with E-state index in [4.69, 9.17) is 24.3 Å². The van der Waals surface area contributed by atoms with E-state index in [9.17, 15) is 19.0 Å². The number of hydrogen-bond acceptors (Lipinski definition) is 8. The fourth-order valence-electron chi connectivity index (χ4n) is 10.4. The van der Waals surface area contributed by atoms with Crippen LogP contribution < -0.4 is 5.73 Å². The minimum Gasteiger partial charge on any atom is -0.462 e. The summed E-state index contributed by atoms with van der Waals surface area (Å²) < 4.78 is 33.2. The molecule has 0 aliphatic carbocycles. The largest absolute Gasteiger partial charge is 0.472 e. The summed E-state index contributed by atoms with van der Waals surface area (Å²) in [6, 6.07) is 0. The Morgan fingerprint density at radius 1 is 0.323 bits per heavy atom. The first-order valence-corrected chi connectivity index (χ1v) is 39.5. The summed E-state index contributed by atoms with van der Waals surface area (Å²) in [6.07, 6.45) is 112. The van der Waals surface area contributed by atoms with E-state index in [0.29, 0.717) is 6.42 Å². The number of ether oxygens (including phenoxy) is 2. The van der Waals surface area contributed by atoms with Gasteiger partial charge in [-0.2, -0.15) is 0 Å². The third-order valence-corrected chi connectivity index (χ3v) is 16.9. The third kappa shape index (κ3) is 76.5. The van der Waals surface area contributed by atoms with Crippen molar-refractivity contribution >= 4 is 19.8 Å². The van der Waals surface area contributed by atoms with Gasteiger partial charge in [-0.15, -0.1) is 0 Å². The summed E-state index contributed by atoms with van der Waals surface area (Å²) in [4.78, 5) is 35.4. The molecule has 3 N–H and O–H groups in total. The van der Waals surface area contributed by atoms with Crippen molar-refractivity contribution in [2.24, 2.45) is 5.73 Å². The predicted molar refractivity (Wildman–Crippen MR) is 403 cm³/mol. The normalized spacial score (nSPS) is 13.8. The van der Waals surface area contributed by atoms with E-state index < -0.39 is 26.5 Å². The van der Waals surface area contributed by atoms with Crippen LogP contribution in [-0.4, -0.2) is 49.3 Å². The molecule has 0 radical (unpaired) electrons. The van der Waals surface area contributed by atoms with Crippen LogP contribution in [0.15, 0.2) is 158 Å². The highest BCUT2D eigenvalue weighted by Crippen LogP contribution is 2.43. The Morgan fingerprint density at radius 3 is 0.828 bits per heavy atom. The number of carbonyl (C=O) groups is 2. The van der Waals surface area contributed by atoms with Crippen LogP contribution in [0.1, 0.15) is 322 Å². The van der Waals surface area contributed by atoms with Gasteiger partial charge >= 0.3 is 19.8 Å². The molecule has 0 heterocycles. The molecule has 0 aromatic rings. The number of unbranched alkanes of at least 4 members (excludes halogenated alkanes) is 31. The highest BCUT2D eigenvalue weighted by Gasteiger charge is 2.26. The second kappa shape index (κ2) is 76.6. The van der Waals surface area contributed by atoms with Crippen molar-refractivity contribution in [3.8, 4) is 0 Å². The molecule has 0 saturated heterocycles. The topological polar surface area (TPSA) is 134 Å². The number of phosphoric ester groups is 1. The summed E-state index contributed by atoms with van der Waals surface area (Å²) in [5, 5.41) is 0. The molecule has 0 aliphatic heterocycles. The molecular formula is C83H140NO8P. The number of nitrogens with two attached hydrogens (primary N) is 1. The highest BCUT2D eigenvalue weighted by atomic mass is 31.2. The van der Waals surface area contributed by atoms with Gasteiger partial charge in [0.25, 0.3) is 0 Å². The quantitative estimate of drug-likeness (QED) is 0.0264. The fourth-order valence-corrected chi connectivity index (χ4v) is 11.2. The smallest absolute Gasteiger partial charge is 0.462 e. The number of rotatable bonds is 70. The second-order valence-electron chi connectivity index (χ2n) is 24.8. The Morgan fingerprint density at radius 2 is 0.559 bits per heavy atom. The maximum absolute atomic E-state index is 12.8. The third-order valence-electron chi connectivity index (χ3n) is 15.9. The molecule has 2 unspecified atom stereocenters. The van der Waals surface area contributed by atoms with Crippen molar-refractivity contribution in [1.29, 1.82) is 0 Å². The standard InChI is InChI=1S/C83H140NO8P/c1-3-5-7-9-11-13-15-17-19-21-23-25-27-29-31-33-35-37-38-39-40-41-42-44-45-47-49-51-53-55-57-59-61-63-65-67-69-71-73-75-82(85)89-79-81(80-91-93(87,88)90-78-77-84)92-83(86)76-74-72-70-68-66-64-62-60-58-56-54-52-50-48-46-43-36-34-32-30-28-26-24-22-20-18-16-14-12-10-8-6-4-2/h5-8,11-14,17-20,23-26,29-32,36,43,48,50,54,56,81H,3-4,9-10,15-16,21-22,27-28,33-35,37-42,44-47,49,51-53,55,57-80,84H2,1-2H3,(H,87,88)/b7-5-,8-6-,13-11-,14-12-,19-17-,20-18-,25-23-,26-24-,31-29-,32-30-,43-36-,50-48-,56-54-. The maximum Gasteiger partial charge on any atom is 0.472 e. The summed E-state index contributed by atoms with van der Waals surface area (Å²) in [5.74, 6) is -0.834. The van der Waals surface area contributed by atoms with Gasteiger partial charge in [-0.05, 0) is 122 Å². The Bertz CT molecular complexity index is 2090. The summed E-state index contributed by atoms with van der Waals surface area (Å²) in [7, 11) is -4.41. The van der Waals surface area contributed by atoms with E-state index in [-0.39, 0.29) is 38.6 Å². The van der Waals surface area contributed by atoms with Gasteiger partial charge in [0.2, 0.25) is 0 Å². The molecule has 0 aromatic carbocycles. The van der Waals surface area contributed by atoms with Crippen LogP contribution >= 0.6 is 7.82 Å². The zero-order chi connectivity index (χ0) is 67.2. The first-order valence-electron chi connectivity index (χ1n) is 38.0. The van der Waals surface area contributed by atoms with Crippen molar-refractivity contribution in [3.05, 3.63) is 158 Å². The van der Waals surface area contributed by atoms with Gasteiger partial charge in [0.1, 0.15) is 6.61 Å². The van der Waals surface area contributed by atoms with E-state index in [1.54, 1.807) is 0 Å². The molecule has 9 nitrogen and oxygen atoms in total. The van der Waals surface area contributed by atoms with E-state index in [0.717, 1.165) is 128 Å². The van der Waals surface area contributed by atoms with Gasteiger partial charge in [-0.3, -0.25) is 18.6 Å². The summed E-state index contributed by atoms with van der Waals surface area (Å²) in [6.45, 7) is 3.52. The van der Waals surface area contributed by atoms with Gasteiger partial charge in [0.05, 0.1) is 13.2 Å². The lowest BCUT2D eigenvalue weighted by Crippen LogP contribution is -2.29. The molecule has 530 valence electrons. The predicted octanol–water partition coefficient (Wildman–Crippen LogP) is 25.5. The highest BCUT2D eigenvalue weighted by molar-refractivity contribution is 7.47. The molecule has 2 atom stereocenters. The first-order chi connectivity index (χ1) is 45.8. The van der Waals surface area contributed by atoms with Crippen molar-refractivity contribution in [1.82, 2.24) is 0 Å². The Kier molecular flexibility index (Phi) is 73.0. The minimum atomic E-state index is -4.41. The fraction of sp³-hybridized carbons (Fsp3) is 0.663. The Balaban J connectivity index is 3.87. The first kappa shape index (κ1) is 88.6. The van der Waals surface area contributed by atoms with E-state index in [1.807, 2.05) is 0 Å². The lowest BCUT2D eigenvalue weighted by atomic mass is 10.0. The van der Waals surface area contributed by atoms with Crippen LogP contribution in [0.25, 0.3) is 0 Å². The maximum atomic E-state index is 12.8. The molecule has 0 bridgehead atoms. The van der Waals surface area contributed by atoms with Crippen molar-refractivity contribution in [3.63, 3.8) is 0 Å². The molecular weight excluding hydrogens is 1170 g/mol. The van der Waals surface area contributed by atoms with Crippen LogP contribution in [0.4, 0.5) is 0 Å². The number of carbonyl (C=O) groups excluding carboxylic acids is 2. The van der Waals surface area contributed by atoms with E-state index in [2.05, 4.69) is 172 Å². The number of hydrogen-bond donors (Lipinski definition) is 2. The van der Waals surface area contributed by atoms with Crippen LogP contribution in [0.3, 0.4) is 0 Å². The second-order valence-corrected chi connectivity index (χ2v) is 26.2. The van der Waals surface area contributed by atoms with Gasteiger partial charge < -0.3 is 20.1 Å². The zero-order valence-electron chi connectivity index (χ0n) is 59.7. The molecule has 0 aromatic heterocycles. The monoisotopic (exact) mass is 1310 g/mol. The number of allylic oxidation sites excluding steroid dienone is 26. The van der Waals surface area contributed by atoms with Gasteiger partial charge in [0, 0.05) is 19.4 Å². The van der Waals surface area contributed by atoms with Crippen molar-refractivity contribution in [2.45, 2.75) is 328 Å². The zero-order valence-corrected chi connectivity index (χ0v) is 60.6. The summed E-state index contributed by atoms with van der Waals surface area (Å²) in [5.41, 5.74) is 5.41. The average molecular weight is 1310 g/mol. The van der Waals surface area contributed by atoms with Gasteiger partial charge in [0.15, 0.2) is 6.10 Å². The molecule has 10 heteroatoms.